The Kier molecular flexibility index (Phi) is 8.71. The minimum absolute atomic E-state index is 0. The molecule has 0 heterocycles. The standard InChI is InChI=1S/C17H27N3OS.HI/c1-4-18-16(20-12-17(21)8-5-9-17)19-11-14-7-6-13(2)10-15(14)22-3;/h6-7,10,21H,4-5,8-9,11-12H2,1-3H3,(H2,18,19,20);1H. The molecule has 0 amide bonds. The quantitative estimate of drug-likeness (QED) is 0.270. The van der Waals surface area contributed by atoms with E-state index in [1.165, 1.54) is 16.0 Å². The largest absolute Gasteiger partial charge is 0.388 e. The molecule has 1 aromatic rings. The van der Waals surface area contributed by atoms with Gasteiger partial charge < -0.3 is 15.7 Å². The second kappa shape index (κ2) is 9.74. The monoisotopic (exact) mass is 449 g/mol. The number of aliphatic hydroxyl groups is 1. The lowest BCUT2D eigenvalue weighted by Gasteiger charge is -2.37. The molecule has 1 aromatic carbocycles. The topological polar surface area (TPSA) is 56.7 Å². The van der Waals surface area contributed by atoms with Crippen LogP contribution in [0.5, 0.6) is 0 Å². The van der Waals surface area contributed by atoms with E-state index in [2.05, 4.69) is 53.9 Å². The molecule has 0 bridgehead atoms. The average molecular weight is 449 g/mol. The molecule has 1 aliphatic rings. The molecular formula is C17H28IN3OS. The van der Waals surface area contributed by atoms with E-state index < -0.39 is 5.60 Å². The van der Waals surface area contributed by atoms with Gasteiger partial charge in [0.2, 0.25) is 0 Å². The van der Waals surface area contributed by atoms with Crippen molar-refractivity contribution in [2.45, 2.75) is 50.2 Å². The maximum absolute atomic E-state index is 10.2. The van der Waals surface area contributed by atoms with Gasteiger partial charge in [-0.15, -0.1) is 35.7 Å². The van der Waals surface area contributed by atoms with Crippen molar-refractivity contribution in [2.24, 2.45) is 4.99 Å². The van der Waals surface area contributed by atoms with Crippen molar-refractivity contribution >= 4 is 41.7 Å². The van der Waals surface area contributed by atoms with Crippen molar-refractivity contribution in [1.29, 1.82) is 0 Å². The lowest BCUT2D eigenvalue weighted by Crippen LogP contribution is -2.50. The molecule has 6 heteroatoms. The minimum atomic E-state index is -0.537. The van der Waals surface area contributed by atoms with E-state index >= 15 is 0 Å². The molecule has 0 saturated heterocycles. The Hall–Kier alpha value is -0.470. The third-order valence-corrected chi connectivity index (χ3v) is 4.88. The van der Waals surface area contributed by atoms with Crippen LogP contribution in [-0.4, -0.2) is 36.0 Å². The molecule has 0 spiro atoms. The van der Waals surface area contributed by atoms with Crippen LogP contribution in [-0.2, 0) is 6.54 Å². The second-order valence-electron chi connectivity index (χ2n) is 5.94. The van der Waals surface area contributed by atoms with Gasteiger partial charge in [-0.1, -0.05) is 12.1 Å². The van der Waals surface area contributed by atoms with Crippen LogP contribution >= 0.6 is 35.7 Å². The maximum Gasteiger partial charge on any atom is 0.191 e. The van der Waals surface area contributed by atoms with Gasteiger partial charge in [0, 0.05) is 18.0 Å². The zero-order chi connectivity index (χ0) is 16.0. The van der Waals surface area contributed by atoms with E-state index in [0.717, 1.165) is 31.8 Å². The van der Waals surface area contributed by atoms with Crippen LogP contribution in [0.2, 0.25) is 0 Å². The first-order valence-corrected chi connectivity index (χ1v) is 9.17. The molecule has 0 radical (unpaired) electrons. The molecule has 0 aliphatic heterocycles. The van der Waals surface area contributed by atoms with Gasteiger partial charge >= 0.3 is 0 Å². The Labute approximate surface area is 160 Å². The SMILES string of the molecule is CCNC(=NCc1ccc(C)cc1SC)NCC1(O)CCC1.I. The Balaban J connectivity index is 0.00000264. The zero-order valence-corrected chi connectivity index (χ0v) is 17.3. The summed E-state index contributed by atoms with van der Waals surface area (Å²) in [4.78, 5) is 5.93. The zero-order valence-electron chi connectivity index (χ0n) is 14.2. The molecule has 4 nitrogen and oxygen atoms in total. The van der Waals surface area contributed by atoms with Crippen molar-refractivity contribution in [3.05, 3.63) is 29.3 Å². The molecule has 3 N–H and O–H groups in total. The molecule has 1 aliphatic carbocycles. The molecule has 0 aromatic heterocycles. The first kappa shape index (κ1) is 20.6. The average Bonchev–Trinajstić information content (AvgIpc) is 2.49. The summed E-state index contributed by atoms with van der Waals surface area (Å²) < 4.78 is 0. The normalized spacial score (nSPS) is 16.3. The summed E-state index contributed by atoms with van der Waals surface area (Å²) in [6, 6.07) is 6.47. The molecule has 0 unspecified atom stereocenters. The predicted octanol–water partition coefficient (Wildman–Crippen LogP) is 3.31. The number of nitrogens with zero attached hydrogens (tertiary/aromatic N) is 1. The van der Waals surface area contributed by atoms with Gasteiger partial charge in [0.25, 0.3) is 0 Å². The van der Waals surface area contributed by atoms with Crippen LogP contribution in [0.1, 0.15) is 37.3 Å². The lowest BCUT2D eigenvalue weighted by atomic mass is 9.80. The third kappa shape index (κ3) is 6.15. The number of aliphatic imine (C=N–C) groups is 1. The van der Waals surface area contributed by atoms with E-state index in [-0.39, 0.29) is 24.0 Å². The van der Waals surface area contributed by atoms with Crippen LogP contribution in [0.3, 0.4) is 0 Å². The number of halogens is 1. The summed E-state index contributed by atoms with van der Waals surface area (Å²) in [7, 11) is 0. The molecule has 130 valence electrons. The van der Waals surface area contributed by atoms with Crippen LogP contribution in [0.4, 0.5) is 0 Å². The van der Waals surface area contributed by atoms with E-state index in [1.54, 1.807) is 11.8 Å². The highest BCUT2D eigenvalue weighted by Gasteiger charge is 2.34. The Morgan fingerprint density at radius 3 is 2.65 bits per heavy atom. The van der Waals surface area contributed by atoms with Crippen LogP contribution < -0.4 is 10.6 Å². The number of nitrogens with one attached hydrogen (secondary N) is 2. The number of aryl methyl sites for hydroxylation is 1. The van der Waals surface area contributed by atoms with Crippen LogP contribution in [0.15, 0.2) is 28.1 Å². The number of guanidine groups is 1. The second-order valence-corrected chi connectivity index (χ2v) is 6.79. The summed E-state index contributed by atoms with van der Waals surface area (Å²) in [5, 5.41) is 16.7. The minimum Gasteiger partial charge on any atom is -0.388 e. The van der Waals surface area contributed by atoms with E-state index in [0.29, 0.717) is 13.1 Å². The summed E-state index contributed by atoms with van der Waals surface area (Å²) in [6.45, 7) is 6.19. The van der Waals surface area contributed by atoms with Gasteiger partial charge in [-0.2, -0.15) is 0 Å². The predicted molar refractivity (Wildman–Crippen MR) is 110 cm³/mol. The van der Waals surface area contributed by atoms with Crippen LogP contribution in [0.25, 0.3) is 0 Å². The summed E-state index contributed by atoms with van der Waals surface area (Å²) in [5.74, 6) is 0.774. The van der Waals surface area contributed by atoms with Crippen molar-refractivity contribution < 1.29 is 5.11 Å². The Bertz CT molecular complexity index is 533. The van der Waals surface area contributed by atoms with E-state index in [9.17, 15) is 5.11 Å². The highest BCUT2D eigenvalue weighted by molar-refractivity contribution is 14.0. The third-order valence-electron chi connectivity index (χ3n) is 4.06. The highest BCUT2D eigenvalue weighted by atomic mass is 127. The molecule has 0 atom stereocenters. The maximum atomic E-state index is 10.2. The number of hydrogen-bond acceptors (Lipinski definition) is 3. The molecular weight excluding hydrogens is 421 g/mol. The van der Waals surface area contributed by atoms with Crippen molar-refractivity contribution in [3.63, 3.8) is 0 Å². The first-order chi connectivity index (χ1) is 10.6. The van der Waals surface area contributed by atoms with Crippen molar-refractivity contribution in [3.8, 4) is 0 Å². The molecule has 1 saturated carbocycles. The fourth-order valence-corrected chi connectivity index (χ4v) is 3.20. The summed E-state index contributed by atoms with van der Waals surface area (Å²) in [5.41, 5.74) is 1.97. The Morgan fingerprint density at radius 1 is 1.35 bits per heavy atom. The van der Waals surface area contributed by atoms with Crippen molar-refractivity contribution in [2.75, 3.05) is 19.3 Å². The summed E-state index contributed by atoms with van der Waals surface area (Å²) >= 11 is 1.75. The number of benzene rings is 1. The summed E-state index contributed by atoms with van der Waals surface area (Å²) in [6.07, 6.45) is 4.98. The van der Waals surface area contributed by atoms with E-state index in [1.807, 2.05) is 0 Å². The number of rotatable bonds is 6. The molecule has 1 fully saturated rings. The van der Waals surface area contributed by atoms with Gasteiger partial charge in [0.05, 0.1) is 12.1 Å². The number of thioether (sulfide) groups is 1. The van der Waals surface area contributed by atoms with E-state index in [4.69, 9.17) is 0 Å². The van der Waals surface area contributed by atoms with Crippen LogP contribution in [0, 0.1) is 6.92 Å². The van der Waals surface area contributed by atoms with Crippen molar-refractivity contribution in [1.82, 2.24) is 10.6 Å². The van der Waals surface area contributed by atoms with Gasteiger partial charge in [0.15, 0.2) is 5.96 Å². The molecule has 2 rings (SSSR count). The lowest BCUT2D eigenvalue weighted by molar-refractivity contribution is -0.0279. The Morgan fingerprint density at radius 2 is 2.09 bits per heavy atom. The van der Waals surface area contributed by atoms with Gasteiger partial charge in [-0.05, 0) is 56.6 Å². The fraction of sp³-hybridized carbons (Fsp3) is 0.588. The highest BCUT2D eigenvalue weighted by Crippen LogP contribution is 2.30. The van der Waals surface area contributed by atoms with Gasteiger partial charge in [-0.25, -0.2) is 4.99 Å². The number of hydrogen-bond donors (Lipinski definition) is 3. The molecule has 23 heavy (non-hydrogen) atoms. The fourth-order valence-electron chi connectivity index (χ4n) is 2.50. The smallest absolute Gasteiger partial charge is 0.191 e. The first-order valence-electron chi connectivity index (χ1n) is 7.94. The van der Waals surface area contributed by atoms with Gasteiger partial charge in [-0.3, -0.25) is 0 Å². The van der Waals surface area contributed by atoms with Gasteiger partial charge in [0.1, 0.15) is 0 Å².